The van der Waals surface area contributed by atoms with E-state index in [1.165, 1.54) is 12.1 Å². The van der Waals surface area contributed by atoms with Crippen LogP contribution in [-0.2, 0) is 17.4 Å². The molecule has 2 aromatic rings. The molecule has 0 saturated carbocycles. The van der Waals surface area contributed by atoms with Crippen molar-refractivity contribution in [2.45, 2.75) is 25.4 Å². The second-order valence-electron chi connectivity index (χ2n) is 9.34. The number of para-hydroxylation sites is 1. The van der Waals surface area contributed by atoms with Crippen molar-refractivity contribution in [1.29, 1.82) is 5.26 Å². The van der Waals surface area contributed by atoms with Gasteiger partial charge < -0.3 is 19.6 Å². The van der Waals surface area contributed by atoms with Crippen LogP contribution in [0.15, 0.2) is 42.5 Å². The second-order valence-corrected chi connectivity index (χ2v) is 9.34. The number of nitrogens with zero attached hydrogens (tertiary/aromatic N) is 3. The first kappa shape index (κ1) is 24.9. The summed E-state index contributed by atoms with van der Waals surface area (Å²) in [5.41, 5.74) is -0.530. The third kappa shape index (κ3) is 4.94. The van der Waals surface area contributed by atoms with Gasteiger partial charge in [-0.25, -0.2) is 0 Å². The summed E-state index contributed by atoms with van der Waals surface area (Å²) in [5.74, 6) is 0.686. The minimum absolute atomic E-state index is 0.0126. The van der Waals surface area contributed by atoms with Crippen molar-refractivity contribution in [1.82, 2.24) is 4.90 Å². The quantitative estimate of drug-likeness (QED) is 0.670. The van der Waals surface area contributed by atoms with Gasteiger partial charge in [0.25, 0.3) is 0 Å². The lowest BCUT2D eigenvalue weighted by atomic mass is 9.73. The monoisotopic (exact) mass is 487 g/mol. The standard InChI is InChI=1S/C26H28F3N3O3/c1-35-23-5-3-2-4-18(23)7-9-24(34)31-11-10-25(17-33)16-32(15-20(25)14-31)21-8-6-19(13-30)22(12-21)26(27,28)29/h2-6,8,12,20,33H,7,9-11,14-17H2,1H3/t20-,25+/m1/s1. The topological polar surface area (TPSA) is 76.8 Å². The van der Waals surface area contributed by atoms with Crippen LogP contribution in [0.25, 0.3) is 0 Å². The van der Waals surface area contributed by atoms with E-state index in [1.54, 1.807) is 18.1 Å². The van der Waals surface area contributed by atoms with E-state index < -0.39 is 22.7 Å². The van der Waals surface area contributed by atoms with Crippen molar-refractivity contribution in [2.24, 2.45) is 11.3 Å². The van der Waals surface area contributed by atoms with Crippen molar-refractivity contribution < 1.29 is 27.8 Å². The summed E-state index contributed by atoms with van der Waals surface area (Å²) in [6.07, 6.45) is -3.18. The first-order valence-electron chi connectivity index (χ1n) is 11.6. The number of aliphatic hydroxyl groups excluding tert-OH is 1. The summed E-state index contributed by atoms with van der Waals surface area (Å²) < 4.78 is 45.7. The minimum Gasteiger partial charge on any atom is -0.496 e. The predicted molar refractivity (Wildman–Crippen MR) is 124 cm³/mol. The van der Waals surface area contributed by atoms with Crippen molar-refractivity contribution in [3.8, 4) is 11.8 Å². The van der Waals surface area contributed by atoms with Crippen LogP contribution in [0.5, 0.6) is 5.75 Å². The normalized spacial score (nSPS) is 22.0. The molecule has 0 spiro atoms. The fourth-order valence-electron chi connectivity index (χ4n) is 5.33. The number of aliphatic hydroxyl groups is 1. The SMILES string of the molecule is COc1ccccc1CCC(=O)N1CC[C@@]2(CO)CN(c3ccc(C#N)c(C(F)(F)F)c3)C[C@H]2C1. The molecule has 2 fully saturated rings. The summed E-state index contributed by atoms with van der Waals surface area (Å²) in [7, 11) is 1.59. The molecule has 0 aliphatic carbocycles. The van der Waals surface area contributed by atoms with Crippen LogP contribution >= 0.6 is 0 Å². The van der Waals surface area contributed by atoms with E-state index >= 15 is 0 Å². The number of anilines is 1. The summed E-state index contributed by atoms with van der Waals surface area (Å²) >= 11 is 0. The van der Waals surface area contributed by atoms with Crippen LogP contribution in [-0.4, -0.2) is 55.8 Å². The first-order chi connectivity index (χ1) is 16.7. The lowest BCUT2D eigenvalue weighted by molar-refractivity contribution is -0.138. The predicted octanol–water partition coefficient (Wildman–Crippen LogP) is 3.87. The summed E-state index contributed by atoms with van der Waals surface area (Å²) in [4.78, 5) is 16.6. The minimum atomic E-state index is -4.63. The molecule has 0 aromatic heterocycles. The Kier molecular flexibility index (Phi) is 6.95. The number of ether oxygens (including phenoxy) is 1. The third-order valence-electron chi connectivity index (χ3n) is 7.40. The van der Waals surface area contributed by atoms with E-state index in [2.05, 4.69) is 0 Å². The maximum absolute atomic E-state index is 13.5. The molecule has 0 bridgehead atoms. The van der Waals surface area contributed by atoms with E-state index in [1.807, 2.05) is 29.2 Å². The van der Waals surface area contributed by atoms with Gasteiger partial charge in [-0.1, -0.05) is 18.2 Å². The van der Waals surface area contributed by atoms with Crippen LogP contribution in [0.1, 0.15) is 29.5 Å². The number of nitriles is 1. The van der Waals surface area contributed by atoms with Gasteiger partial charge >= 0.3 is 6.18 Å². The Morgan fingerprint density at radius 3 is 2.71 bits per heavy atom. The Hall–Kier alpha value is -3.25. The van der Waals surface area contributed by atoms with Gasteiger partial charge in [0.1, 0.15) is 5.75 Å². The van der Waals surface area contributed by atoms with Gasteiger partial charge in [-0.3, -0.25) is 4.79 Å². The molecule has 9 heteroatoms. The van der Waals surface area contributed by atoms with Crippen molar-refractivity contribution in [3.05, 3.63) is 59.2 Å². The molecule has 2 heterocycles. The van der Waals surface area contributed by atoms with Crippen LogP contribution < -0.4 is 9.64 Å². The summed E-state index contributed by atoms with van der Waals surface area (Å²) in [5, 5.41) is 19.3. The molecule has 2 aromatic carbocycles. The zero-order valence-electron chi connectivity index (χ0n) is 19.5. The number of alkyl halides is 3. The fourth-order valence-corrected chi connectivity index (χ4v) is 5.33. The molecule has 1 amide bonds. The lowest BCUT2D eigenvalue weighted by Gasteiger charge is -2.42. The maximum atomic E-state index is 13.5. The molecule has 2 saturated heterocycles. The van der Waals surface area contributed by atoms with Crippen molar-refractivity contribution in [2.75, 3.05) is 44.8 Å². The summed E-state index contributed by atoms with van der Waals surface area (Å²) in [6, 6.07) is 12.9. The number of rotatable bonds is 6. The zero-order valence-corrected chi connectivity index (χ0v) is 19.5. The molecule has 6 nitrogen and oxygen atoms in total. The van der Waals surface area contributed by atoms with Gasteiger partial charge in [-0.05, 0) is 42.7 Å². The molecule has 2 aliphatic heterocycles. The fraction of sp³-hybridized carbons (Fsp3) is 0.462. The molecule has 1 N–H and O–H groups in total. The van der Waals surface area contributed by atoms with Gasteiger partial charge in [-0.2, -0.15) is 18.4 Å². The highest BCUT2D eigenvalue weighted by atomic mass is 19.4. The van der Waals surface area contributed by atoms with Gasteiger partial charge in [0.05, 0.1) is 30.9 Å². The number of halogens is 3. The average molecular weight is 488 g/mol. The highest BCUT2D eigenvalue weighted by Gasteiger charge is 2.50. The van der Waals surface area contributed by atoms with Crippen molar-refractivity contribution >= 4 is 11.6 Å². The molecular weight excluding hydrogens is 459 g/mol. The third-order valence-corrected chi connectivity index (χ3v) is 7.40. The highest BCUT2D eigenvalue weighted by Crippen LogP contribution is 2.45. The molecular formula is C26H28F3N3O3. The first-order valence-corrected chi connectivity index (χ1v) is 11.6. The maximum Gasteiger partial charge on any atom is 0.417 e. The lowest BCUT2D eigenvalue weighted by Crippen LogP contribution is -2.50. The Bertz CT molecular complexity index is 1130. The number of likely N-dealkylation sites (tertiary alicyclic amines) is 1. The number of carbonyl (C=O) groups is 1. The number of fused-ring (bicyclic) bond motifs is 1. The van der Waals surface area contributed by atoms with E-state index in [-0.39, 0.29) is 18.4 Å². The van der Waals surface area contributed by atoms with Crippen LogP contribution in [0.2, 0.25) is 0 Å². The Labute approximate surface area is 202 Å². The smallest absolute Gasteiger partial charge is 0.417 e. The molecule has 2 atom stereocenters. The van der Waals surface area contributed by atoms with Gasteiger partial charge in [0, 0.05) is 49.6 Å². The van der Waals surface area contributed by atoms with Gasteiger partial charge in [0.15, 0.2) is 0 Å². The second kappa shape index (κ2) is 9.78. The number of carbonyl (C=O) groups excluding carboxylic acids is 1. The Balaban J connectivity index is 1.46. The molecule has 4 rings (SSSR count). The van der Waals surface area contributed by atoms with Gasteiger partial charge in [-0.15, -0.1) is 0 Å². The molecule has 2 aliphatic rings. The van der Waals surface area contributed by atoms with E-state index in [0.717, 1.165) is 17.4 Å². The molecule has 0 radical (unpaired) electrons. The van der Waals surface area contributed by atoms with Crippen molar-refractivity contribution in [3.63, 3.8) is 0 Å². The Morgan fingerprint density at radius 2 is 2.03 bits per heavy atom. The molecule has 35 heavy (non-hydrogen) atoms. The van der Waals surface area contributed by atoms with Crippen LogP contribution in [0.3, 0.4) is 0 Å². The number of amides is 1. The zero-order chi connectivity index (χ0) is 25.2. The highest BCUT2D eigenvalue weighted by molar-refractivity contribution is 5.76. The van der Waals surface area contributed by atoms with E-state index in [0.29, 0.717) is 51.1 Å². The number of hydrogen-bond donors (Lipinski definition) is 1. The molecule has 186 valence electrons. The Morgan fingerprint density at radius 1 is 1.26 bits per heavy atom. The van der Waals surface area contributed by atoms with E-state index in [4.69, 9.17) is 10.00 Å². The summed E-state index contributed by atoms with van der Waals surface area (Å²) in [6.45, 7) is 1.68. The van der Waals surface area contributed by atoms with Gasteiger partial charge in [0.2, 0.25) is 5.91 Å². The number of aryl methyl sites for hydroxylation is 1. The number of methoxy groups -OCH3 is 1. The van der Waals surface area contributed by atoms with Crippen LogP contribution in [0.4, 0.5) is 18.9 Å². The number of benzene rings is 2. The number of hydrogen-bond acceptors (Lipinski definition) is 5. The van der Waals surface area contributed by atoms with E-state index in [9.17, 15) is 23.1 Å². The largest absolute Gasteiger partial charge is 0.496 e. The van der Waals surface area contributed by atoms with Crippen LogP contribution in [0, 0.1) is 22.7 Å². The molecule has 0 unspecified atom stereocenters. The number of piperidine rings is 1. The average Bonchev–Trinajstić information content (AvgIpc) is 3.26.